The molecule has 1 N–H and O–H groups in total. The van der Waals surface area contributed by atoms with Gasteiger partial charge in [0.05, 0.1) is 11.9 Å². The molecule has 0 saturated carbocycles. The Balaban J connectivity index is 1.83. The molecule has 0 amide bonds. The molecule has 0 unspecified atom stereocenters. The third-order valence-corrected chi connectivity index (χ3v) is 6.58. The van der Waals surface area contributed by atoms with Crippen molar-refractivity contribution in [3.8, 4) is 0 Å². The third-order valence-electron chi connectivity index (χ3n) is 5.33. The van der Waals surface area contributed by atoms with Gasteiger partial charge >= 0.3 is 0 Å². The zero-order valence-corrected chi connectivity index (χ0v) is 17.7. The summed E-state index contributed by atoms with van der Waals surface area (Å²) in [5, 5.41) is 3.51. The van der Waals surface area contributed by atoms with E-state index in [-0.39, 0.29) is 6.54 Å². The summed E-state index contributed by atoms with van der Waals surface area (Å²) >= 11 is 0. The number of ether oxygens (including phenoxy) is 1. The first-order chi connectivity index (χ1) is 13.8. The van der Waals surface area contributed by atoms with Gasteiger partial charge in [0.2, 0.25) is 10.0 Å². The Bertz CT molecular complexity index is 896. The summed E-state index contributed by atoms with van der Waals surface area (Å²) in [7, 11) is -3.40. The Morgan fingerprint density at radius 2 is 2.07 bits per heavy atom. The van der Waals surface area contributed by atoms with Gasteiger partial charge in [-0.05, 0) is 30.9 Å². The van der Waals surface area contributed by atoms with Crippen LogP contribution < -0.4 is 5.32 Å². The van der Waals surface area contributed by atoms with E-state index in [9.17, 15) is 12.8 Å². The number of sulfonamides is 1. The van der Waals surface area contributed by atoms with Crippen LogP contribution in [0.25, 0.3) is 0 Å². The standard InChI is InChI=1S/C20H28FN3O4S/c1-3-8-24(29(2,25)26)13-16-4-5-17(11-19(16)21)20(6-9-27-10-7-20)23-12-18-14-28-15-22-18/h4-5,11,14-15,23H,3,6-10,12-13H2,1-2H3. The van der Waals surface area contributed by atoms with Gasteiger partial charge in [-0.1, -0.05) is 19.1 Å². The maximum atomic E-state index is 15.0. The SMILES string of the molecule is CCCN(Cc1ccc(C2(NCc3cocn3)CCOCC2)cc1F)S(C)(=O)=O. The second-order valence-electron chi connectivity index (χ2n) is 7.43. The first kappa shape index (κ1) is 21.9. The molecule has 9 heteroatoms. The van der Waals surface area contributed by atoms with E-state index in [4.69, 9.17) is 9.15 Å². The fourth-order valence-corrected chi connectivity index (χ4v) is 4.53. The second-order valence-corrected chi connectivity index (χ2v) is 9.41. The smallest absolute Gasteiger partial charge is 0.211 e. The van der Waals surface area contributed by atoms with E-state index in [1.165, 1.54) is 16.8 Å². The Labute approximate surface area is 171 Å². The Morgan fingerprint density at radius 3 is 2.66 bits per heavy atom. The maximum Gasteiger partial charge on any atom is 0.211 e. The molecule has 1 aliphatic rings. The van der Waals surface area contributed by atoms with Crippen LogP contribution >= 0.6 is 0 Å². The molecule has 29 heavy (non-hydrogen) atoms. The van der Waals surface area contributed by atoms with Crippen molar-refractivity contribution in [1.82, 2.24) is 14.6 Å². The average Bonchev–Trinajstić information content (AvgIpc) is 3.21. The number of aromatic nitrogens is 1. The number of benzene rings is 1. The molecule has 2 heterocycles. The lowest BCUT2D eigenvalue weighted by Crippen LogP contribution is -2.46. The van der Waals surface area contributed by atoms with Gasteiger partial charge in [-0.15, -0.1) is 0 Å². The Hall–Kier alpha value is -1.81. The number of nitrogens with zero attached hydrogens (tertiary/aromatic N) is 2. The van der Waals surface area contributed by atoms with Crippen molar-refractivity contribution in [2.24, 2.45) is 0 Å². The largest absolute Gasteiger partial charge is 0.451 e. The van der Waals surface area contributed by atoms with Crippen LogP contribution in [0.2, 0.25) is 0 Å². The van der Waals surface area contributed by atoms with Gasteiger partial charge in [-0.3, -0.25) is 0 Å². The predicted octanol–water partition coefficient (Wildman–Crippen LogP) is 2.78. The fourth-order valence-electron chi connectivity index (χ4n) is 3.65. The van der Waals surface area contributed by atoms with Crippen molar-refractivity contribution < 1.29 is 22.0 Å². The Morgan fingerprint density at radius 1 is 1.31 bits per heavy atom. The molecule has 160 valence electrons. The molecule has 0 atom stereocenters. The number of rotatable bonds is 9. The number of halogens is 1. The minimum atomic E-state index is -3.40. The third kappa shape index (κ3) is 5.42. The van der Waals surface area contributed by atoms with Gasteiger partial charge in [-0.2, -0.15) is 4.31 Å². The highest BCUT2D eigenvalue weighted by Crippen LogP contribution is 2.33. The van der Waals surface area contributed by atoms with Gasteiger partial charge < -0.3 is 14.5 Å². The van der Waals surface area contributed by atoms with E-state index in [1.807, 2.05) is 13.0 Å². The van der Waals surface area contributed by atoms with Crippen molar-refractivity contribution in [2.45, 2.75) is 44.8 Å². The zero-order chi connectivity index (χ0) is 20.9. The van der Waals surface area contributed by atoms with Gasteiger partial charge in [-0.25, -0.2) is 17.8 Å². The number of hydrogen-bond acceptors (Lipinski definition) is 6. The normalized spacial score (nSPS) is 17.0. The summed E-state index contributed by atoms with van der Waals surface area (Å²) in [5.74, 6) is -0.402. The van der Waals surface area contributed by atoms with Crippen LogP contribution in [0.5, 0.6) is 0 Å². The lowest BCUT2D eigenvalue weighted by Gasteiger charge is -2.39. The highest BCUT2D eigenvalue weighted by molar-refractivity contribution is 7.88. The fraction of sp³-hybridized carbons (Fsp3) is 0.550. The monoisotopic (exact) mass is 425 g/mol. The van der Waals surface area contributed by atoms with Crippen LogP contribution in [0, 0.1) is 5.82 Å². The van der Waals surface area contributed by atoms with Crippen molar-refractivity contribution in [1.29, 1.82) is 0 Å². The van der Waals surface area contributed by atoms with E-state index in [2.05, 4.69) is 10.3 Å². The summed E-state index contributed by atoms with van der Waals surface area (Å²) < 4.78 is 50.7. The summed E-state index contributed by atoms with van der Waals surface area (Å²) in [6.07, 6.45) is 6.19. The molecule has 2 aromatic rings. The van der Waals surface area contributed by atoms with Crippen LogP contribution in [0.4, 0.5) is 4.39 Å². The van der Waals surface area contributed by atoms with Crippen molar-refractivity contribution in [3.63, 3.8) is 0 Å². The van der Waals surface area contributed by atoms with Gasteiger partial charge in [0.1, 0.15) is 12.1 Å². The van der Waals surface area contributed by atoms with Crippen LogP contribution in [-0.2, 0) is 33.4 Å². The molecule has 0 spiro atoms. The van der Waals surface area contributed by atoms with E-state index >= 15 is 0 Å². The molecule has 7 nitrogen and oxygen atoms in total. The van der Waals surface area contributed by atoms with Crippen molar-refractivity contribution in [3.05, 3.63) is 53.5 Å². The first-order valence-corrected chi connectivity index (χ1v) is 11.6. The number of oxazole rings is 1. The van der Waals surface area contributed by atoms with Crippen LogP contribution in [-0.4, -0.2) is 43.7 Å². The van der Waals surface area contributed by atoms with E-state index in [1.54, 1.807) is 12.3 Å². The predicted molar refractivity (Wildman–Crippen MR) is 107 cm³/mol. The molecular formula is C20H28FN3O4S. The maximum absolute atomic E-state index is 15.0. The molecule has 0 bridgehead atoms. The van der Waals surface area contributed by atoms with E-state index < -0.39 is 21.4 Å². The summed E-state index contributed by atoms with van der Waals surface area (Å²) in [5.41, 5.74) is 1.53. The number of nitrogens with one attached hydrogen (secondary N) is 1. The van der Waals surface area contributed by atoms with Crippen molar-refractivity contribution in [2.75, 3.05) is 26.0 Å². The quantitative estimate of drug-likeness (QED) is 0.665. The molecule has 0 radical (unpaired) electrons. The molecule has 1 fully saturated rings. The average molecular weight is 426 g/mol. The molecule has 1 aromatic heterocycles. The number of hydrogen-bond donors (Lipinski definition) is 1. The minimum Gasteiger partial charge on any atom is -0.451 e. The summed E-state index contributed by atoms with van der Waals surface area (Å²) in [6.45, 7) is 3.94. The highest BCUT2D eigenvalue weighted by Gasteiger charge is 2.35. The van der Waals surface area contributed by atoms with Gasteiger partial charge in [0.15, 0.2) is 6.39 Å². The first-order valence-electron chi connectivity index (χ1n) is 9.78. The molecular weight excluding hydrogens is 397 g/mol. The van der Waals surface area contributed by atoms with E-state index in [0.717, 1.165) is 17.5 Å². The summed E-state index contributed by atoms with van der Waals surface area (Å²) in [6, 6.07) is 5.09. The lowest BCUT2D eigenvalue weighted by molar-refractivity contribution is 0.0355. The minimum absolute atomic E-state index is 0.0290. The second kappa shape index (κ2) is 9.34. The Kier molecular flexibility index (Phi) is 7.05. The topological polar surface area (TPSA) is 84.7 Å². The van der Waals surface area contributed by atoms with Gasteiger partial charge in [0, 0.05) is 44.0 Å². The van der Waals surface area contributed by atoms with E-state index in [0.29, 0.717) is 51.1 Å². The summed E-state index contributed by atoms with van der Waals surface area (Å²) in [4.78, 5) is 4.13. The van der Waals surface area contributed by atoms with Crippen LogP contribution in [0.3, 0.4) is 0 Å². The molecule has 0 aliphatic carbocycles. The molecule has 1 saturated heterocycles. The van der Waals surface area contributed by atoms with Crippen LogP contribution in [0.1, 0.15) is 43.0 Å². The lowest BCUT2D eigenvalue weighted by atomic mass is 9.82. The molecule has 3 rings (SSSR count). The van der Waals surface area contributed by atoms with Gasteiger partial charge in [0.25, 0.3) is 0 Å². The molecule has 1 aliphatic heterocycles. The molecule has 1 aromatic carbocycles. The zero-order valence-electron chi connectivity index (χ0n) is 16.9. The highest BCUT2D eigenvalue weighted by atomic mass is 32.2. The van der Waals surface area contributed by atoms with Crippen LogP contribution in [0.15, 0.2) is 35.3 Å². The van der Waals surface area contributed by atoms with Crippen molar-refractivity contribution >= 4 is 10.0 Å².